The molecule has 0 spiro atoms. The van der Waals surface area contributed by atoms with Crippen molar-refractivity contribution in [1.82, 2.24) is 0 Å². The first-order chi connectivity index (χ1) is 38.9. The number of ether oxygens (including phenoxy) is 14. The van der Waals surface area contributed by atoms with E-state index in [1.807, 2.05) is 0 Å². The molecule has 7 saturated heterocycles. The molecule has 7 rings (SSSR count). The van der Waals surface area contributed by atoms with Crippen LogP contribution in [0.25, 0.3) is 0 Å². The van der Waals surface area contributed by atoms with Gasteiger partial charge in [-0.3, -0.25) is 0 Å². The minimum absolute atomic E-state index is 0.311. The third-order valence-corrected chi connectivity index (χ3v) is 15.5. The van der Waals surface area contributed by atoms with Gasteiger partial charge in [0.1, 0.15) is 153 Å². The van der Waals surface area contributed by atoms with E-state index in [2.05, 4.69) is 0 Å². The van der Waals surface area contributed by atoms with E-state index in [1.54, 1.807) is 0 Å². The van der Waals surface area contributed by atoms with Crippen molar-refractivity contribution in [3.63, 3.8) is 0 Å². The summed E-state index contributed by atoms with van der Waals surface area (Å²) in [6.07, 6.45) is -53.0. The highest BCUT2D eigenvalue weighted by Gasteiger charge is 2.56. The molecule has 35 atom stereocenters. The Morgan fingerprint density at radius 2 is 0.598 bits per heavy atom. The van der Waals surface area contributed by atoms with Crippen molar-refractivity contribution in [2.45, 2.75) is 215 Å². The van der Waals surface area contributed by atoms with Crippen molar-refractivity contribution in [1.29, 1.82) is 0 Å². The van der Waals surface area contributed by atoms with Crippen LogP contribution in [0, 0.1) is 5.92 Å². The molecule has 7 fully saturated rings. The van der Waals surface area contributed by atoms with Gasteiger partial charge in [-0.15, -0.1) is 0 Å². The number of hydrogen-bond acceptors (Lipinski definition) is 36. The summed E-state index contributed by atoms with van der Waals surface area (Å²) in [7, 11) is 3.72. The second-order valence-electron chi connectivity index (χ2n) is 20.6. The number of aliphatic hydroxyl groups excluding tert-OH is 22. The van der Waals surface area contributed by atoms with Gasteiger partial charge in [-0.2, -0.15) is 0 Å². The maximum Gasteiger partial charge on any atom is 0.187 e. The summed E-state index contributed by atoms with van der Waals surface area (Å²) in [5.74, 6) is -1.18. The lowest BCUT2D eigenvalue weighted by Crippen LogP contribution is -2.66. The molecular weight excluding hydrogens is 1130 g/mol. The van der Waals surface area contributed by atoms with Crippen molar-refractivity contribution in [2.24, 2.45) is 5.92 Å². The number of rotatable bonds is 20. The van der Waals surface area contributed by atoms with Gasteiger partial charge >= 0.3 is 0 Å². The van der Waals surface area contributed by atoms with Crippen LogP contribution in [-0.4, -0.2) is 389 Å². The van der Waals surface area contributed by atoms with Crippen LogP contribution in [0.2, 0.25) is 0 Å². The molecular formula is C46H82O36. The van der Waals surface area contributed by atoms with Gasteiger partial charge in [0.2, 0.25) is 0 Å². The summed E-state index contributed by atoms with van der Waals surface area (Å²) in [6, 6.07) is 0. The maximum atomic E-state index is 11.4. The molecule has 0 saturated carbocycles. The number of hydrogen-bond donors (Lipinski definition) is 22. The fourth-order valence-corrected chi connectivity index (χ4v) is 10.8. The first kappa shape index (κ1) is 69.7. The van der Waals surface area contributed by atoms with Crippen molar-refractivity contribution in [3.05, 3.63) is 0 Å². The van der Waals surface area contributed by atoms with Gasteiger partial charge in [-0.1, -0.05) is 0 Å². The molecule has 7 aliphatic rings. The summed E-state index contributed by atoms with van der Waals surface area (Å²) in [6.45, 7) is -4.77. The Morgan fingerprint density at radius 3 is 1.07 bits per heavy atom. The van der Waals surface area contributed by atoms with Crippen molar-refractivity contribution in [2.75, 3.05) is 67.6 Å². The van der Waals surface area contributed by atoms with E-state index < -0.39 is 261 Å². The van der Waals surface area contributed by atoms with Crippen LogP contribution >= 0.6 is 0 Å². The minimum Gasteiger partial charge on any atom is -0.394 e. The fourth-order valence-electron chi connectivity index (χ4n) is 10.8. The Labute approximate surface area is 466 Å². The highest BCUT2D eigenvalue weighted by molar-refractivity contribution is 5.01. The SMILES string of the molecule is CO[C@H]1OC(CO)[C@@H](O[C@H]2OC(CO[C@H]3OC(CO)[C@@H](OC)[C@H](O)C3O)[C@@H](C[C@H]3OC(CO)[C@@H](OC)[C@H](O)C3O)[C@H](O)C2O)[C@H](O)C1O.OCC1O[C@@H](O[C@H]2C(CO)O[C@@H](O[C@H]3C(CO)O[C@H](O)C(O)[C@@H]3O)C(O)[C@@H]2O)C(O)[C@H](O)[C@@H]1O. The van der Waals surface area contributed by atoms with Crippen LogP contribution in [0.3, 0.4) is 0 Å². The van der Waals surface area contributed by atoms with Crippen LogP contribution in [0.5, 0.6) is 0 Å². The summed E-state index contributed by atoms with van der Waals surface area (Å²) >= 11 is 0. The largest absolute Gasteiger partial charge is 0.394 e. The van der Waals surface area contributed by atoms with Gasteiger partial charge in [0, 0.05) is 27.2 Å². The zero-order valence-electron chi connectivity index (χ0n) is 44.4. The summed E-state index contributed by atoms with van der Waals surface area (Å²) in [4.78, 5) is 0. The molecule has 14 unspecified atom stereocenters. The van der Waals surface area contributed by atoms with Crippen LogP contribution in [-0.2, 0) is 66.3 Å². The minimum atomic E-state index is -1.91. The third kappa shape index (κ3) is 15.0. The predicted octanol–water partition coefficient (Wildman–Crippen LogP) is -14.7. The lowest BCUT2D eigenvalue weighted by molar-refractivity contribution is -0.377. The monoisotopic (exact) mass is 1210 g/mol. The Bertz CT molecular complexity index is 1840. The summed E-state index contributed by atoms with van der Waals surface area (Å²) < 4.78 is 76.0. The first-order valence-electron chi connectivity index (χ1n) is 26.2. The van der Waals surface area contributed by atoms with E-state index in [-0.39, 0.29) is 6.42 Å². The molecule has 7 heterocycles. The zero-order chi connectivity index (χ0) is 60.8. The second kappa shape index (κ2) is 31.1. The highest BCUT2D eigenvalue weighted by Crippen LogP contribution is 2.38. The van der Waals surface area contributed by atoms with E-state index in [1.165, 1.54) is 21.3 Å². The van der Waals surface area contributed by atoms with Crippen LogP contribution in [0.4, 0.5) is 0 Å². The van der Waals surface area contributed by atoms with Gasteiger partial charge in [0.15, 0.2) is 37.7 Å². The van der Waals surface area contributed by atoms with Gasteiger partial charge in [-0.25, -0.2) is 0 Å². The second-order valence-corrected chi connectivity index (χ2v) is 20.6. The number of methoxy groups -OCH3 is 3. The average molecular weight is 1210 g/mol. The average Bonchev–Trinajstić information content (AvgIpc) is 3.64. The Balaban J connectivity index is 0.000000280. The lowest BCUT2D eigenvalue weighted by Gasteiger charge is -2.49. The molecule has 36 heteroatoms. The zero-order valence-corrected chi connectivity index (χ0v) is 44.4. The normalized spacial score (nSPS) is 51.3. The van der Waals surface area contributed by atoms with Crippen LogP contribution in [0.15, 0.2) is 0 Å². The highest BCUT2D eigenvalue weighted by atomic mass is 16.8. The molecule has 0 aromatic heterocycles. The first-order valence-corrected chi connectivity index (χ1v) is 26.2. The Hall–Kier alpha value is -1.44. The molecule has 36 nitrogen and oxygen atoms in total. The van der Waals surface area contributed by atoms with Crippen LogP contribution < -0.4 is 0 Å². The molecule has 0 aromatic rings. The standard InChI is InChI=1S/C28H50O20.C18H32O16/c1-40-23-11(5-29)44-10(16(33)17(23)34)4-9-14(8-43-27-22(39)18(35)24(41-2)12(6-30)46-27)47-28(20(37)15(9)32)48-25-13(7-31)45-26(42-3)21(38)19(25)36;19-1-4-7(22)8(23)12(27)17(31-4)34-15-6(3-21)32-18(13(28)10(15)25)33-14-5(2-20)30-16(29)11(26)9(14)24/h9-39H,4-8H2,1-3H3;4-29H,1-3H2/t9-,10-,11?,12?,13?,14?,15+,16?,17-,18-,19-,20?,21?,22?,23-,24-,25-,26+,27+,28-;4?,5?,6?,7-,8-,9+,10+,11?,12?,13?,14+,15+,16+,17+,18+/m11/s1. The molecule has 7 aliphatic heterocycles. The molecule has 0 aromatic carbocycles. The molecule has 0 amide bonds. The quantitative estimate of drug-likeness (QED) is 0.0538. The van der Waals surface area contributed by atoms with Crippen molar-refractivity contribution < 1.29 is 179 Å². The van der Waals surface area contributed by atoms with E-state index in [0.29, 0.717) is 0 Å². The van der Waals surface area contributed by atoms with Gasteiger partial charge in [0.25, 0.3) is 0 Å². The van der Waals surface area contributed by atoms with E-state index >= 15 is 0 Å². The molecule has 0 bridgehead atoms. The third-order valence-electron chi connectivity index (χ3n) is 15.5. The van der Waals surface area contributed by atoms with Gasteiger partial charge in [-0.05, 0) is 6.42 Å². The van der Waals surface area contributed by atoms with E-state index in [0.717, 1.165) is 0 Å². The molecule has 82 heavy (non-hydrogen) atoms. The molecule has 0 aliphatic carbocycles. The van der Waals surface area contributed by atoms with Gasteiger partial charge < -0.3 is 179 Å². The van der Waals surface area contributed by atoms with Crippen molar-refractivity contribution in [3.8, 4) is 0 Å². The summed E-state index contributed by atoms with van der Waals surface area (Å²) in [5.41, 5.74) is 0. The lowest BCUT2D eigenvalue weighted by atomic mass is 9.81. The smallest absolute Gasteiger partial charge is 0.187 e. The molecule has 482 valence electrons. The summed E-state index contributed by atoms with van der Waals surface area (Å²) in [5, 5.41) is 225. The van der Waals surface area contributed by atoms with E-state index in [9.17, 15) is 112 Å². The Morgan fingerprint density at radius 1 is 0.268 bits per heavy atom. The topological polar surface area (TPSA) is 574 Å². The Kier molecular flexibility index (Phi) is 26.5. The number of aliphatic hydroxyl groups is 22. The van der Waals surface area contributed by atoms with Crippen molar-refractivity contribution >= 4 is 0 Å². The maximum absolute atomic E-state index is 11.4. The molecule has 22 N–H and O–H groups in total. The van der Waals surface area contributed by atoms with Gasteiger partial charge in [0.05, 0.1) is 64.6 Å². The van der Waals surface area contributed by atoms with Crippen LogP contribution in [0.1, 0.15) is 6.42 Å². The predicted molar refractivity (Wildman–Crippen MR) is 253 cm³/mol. The fraction of sp³-hybridized carbons (Fsp3) is 1.00. The molecule has 0 radical (unpaired) electrons. The van der Waals surface area contributed by atoms with E-state index in [4.69, 9.17) is 66.3 Å².